The van der Waals surface area contributed by atoms with Gasteiger partial charge < -0.3 is 30.7 Å². The Balaban J connectivity index is 1.68. The Morgan fingerprint density at radius 1 is 1.00 bits per heavy atom. The molecule has 1 fully saturated rings. The largest absolute Gasteiger partial charge is 0.394 e. The molecule has 188 valence electrons. The molecule has 0 bridgehead atoms. The second kappa shape index (κ2) is 9.08. The van der Waals surface area contributed by atoms with Crippen LogP contribution in [-0.2, 0) is 4.74 Å². The minimum Gasteiger partial charge on any atom is -0.394 e. The maximum Gasteiger partial charge on any atom is 0.254 e. The van der Waals surface area contributed by atoms with Crippen LogP contribution in [-0.4, -0.2) is 105 Å². The summed E-state index contributed by atoms with van der Waals surface area (Å²) < 4.78 is 9.63. The van der Waals surface area contributed by atoms with E-state index in [1.807, 2.05) is 0 Å². The van der Waals surface area contributed by atoms with Crippen LogP contribution in [0.4, 0.5) is 0 Å². The van der Waals surface area contributed by atoms with Crippen molar-refractivity contribution in [3.8, 4) is 11.8 Å². The summed E-state index contributed by atoms with van der Waals surface area (Å²) in [5.41, 5.74) is 0.955. The van der Waals surface area contributed by atoms with Gasteiger partial charge in [-0.25, -0.2) is 14.3 Å². The molecular formula is C20H22N10O6. The SMILES string of the molecule is CNC(=O)c1cnn(-c2nc(-n3cc(C(=O)NC)cn3)c3ncn([C@@H]4O[C@H](CO)[C@@H](O)[C@H]4O)c3n2)c1. The molecule has 0 radical (unpaired) electrons. The standard InChI is InChI=1S/C20H22N10O6/c1-21-17(34)9-3-24-29(5-9)16-12-15(26-20(27-16)30-6-10(4-25-30)18(35)22-2)28(8-23-12)19-14(33)13(32)11(7-31)36-19/h3-6,8,11,13-14,19,31-33H,7H2,1-2H3,(H,21,34)(H,22,35)/t11-,13-,14-,19-/m1/s1. The Labute approximate surface area is 202 Å². The normalized spacial score (nSPS) is 21.7. The van der Waals surface area contributed by atoms with Crippen molar-refractivity contribution in [1.29, 1.82) is 0 Å². The molecule has 0 aromatic carbocycles. The van der Waals surface area contributed by atoms with Gasteiger partial charge in [0, 0.05) is 26.5 Å². The Morgan fingerprint density at radius 3 is 2.25 bits per heavy atom. The lowest BCUT2D eigenvalue weighted by atomic mass is 10.1. The van der Waals surface area contributed by atoms with Crippen LogP contribution in [0, 0.1) is 0 Å². The highest BCUT2D eigenvalue weighted by Crippen LogP contribution is 2.32. The fourth-order valence-electron chi connectivity index (χ4n) is 3.84. The van der Waals surface area contributed by atoms with Crippen molar-refractivity contribution < 1.29 is 29.6 Å². The number of amides is 2. The number of rotatable bonds is 6. The average Bonchev–Trinajstić information content (AvgIpc) is 3.69. The Hall–Kier alpha value is -4.25. The highest BCUT2D eigenvalue weighted by atomic mass is 16.6. The number of nitrogens with zero attached hydrogens (tertiary/aromatic N) is 8. The van der Waals surface area contributed by atoms with E-state index in [9.17, 15) is 24.9 Å². The second-order valence-electron chi connectivity index (χ2n) is 7.91. The first kappa shape index (κ1) is 23.5. The summed E-state index contributed by atoms with van der Waals surface area (Å²) in [6.45, 7) is -0.502. The molecule has 2 amide bonds. The Morgan fingerprint density at radius 2 is 1.64 bits per heavy atom. The topological polar surface area (TPSA) is 207 Å². The van der Waals surface area contributed by atoms with Crippen LogP contribution >= 0.6 is 0 Å². The Kier molecular flexibility index (Phi) is 5.92. The van der Waals surface area contributed by atoms with Crippen molar-refractivity contribution in [3.05, 3.63) is 42.2 Å². The highest BCUT2D eigenvalue weighted by Gasteiger charge is 2.44. The van der Waals surface area contributed by atoms with Crippen LogP contribution in [0.1, 0.15) is 26.9 Å². The molecule has 36 heavy (non-hydrogen) atoms. The first-order valence-corrected chi connectivity index (χ1v) is 10.8. The van der Waals surface area contributed by atoms with Crippen molar-refractivity contribution in [2.45, 2.75) is 24.5 Å². The first-order chi connectivity index (χ1) is 17.4. The van der Waals surface area contributed by atoms with E-state index in [2.05, 4.69) is 35.8 Å². The molecule has 4 aromatic rings. The van der Waals surface area contributed by atoms with Crippen molar-refractivity contribution >= 4 is 23.0 Å². The molecule has 1 saturated heterocycles. The van der Waals surface area contributed by atoms with Gasteiger partial charge in [-0.2, -0.15) is 20.2 Å². The van der Waals surface area contributed by atoms with Gasteiger partial charge in [-0.1, -0.05) is 0 Å². The molecule has 16 heteroatoms. The number of fused-ring (bicyclic) bond motifs is 1. The van der Waals surface area contributed by atoms with Gasteiger partial charge in [-0.05, 0) is 0 Å². The number of carbonyl (C=O) groups excluding carboxylic acids is 2. The van der Waals surface area contributed by atoms with Crippen LogP contribution in [0.5, 0.6) is 0 Å². The lowest BCUT2D eigenvalue weighted by Gasteiger charge is -2.17. The predicted octanol–water partition coefficient (Wildman–Crippen LogP) is -2.47. The number of carbonyl (C=O) groups is 2. The maximum atomic E-state index is 12.1. The van der Waals surface area contributed by atoms with Crippen LogP contribution in [0.2, 0.25) is 0 Å². The summed E-state index contributed by atoms with van der Waals surface area (Å²) in [6.07, 6.45) is 2.08. The third-order valence-corrected chi connectivity index (χ3v) is 5.75. The van der Waals surface area contributed by atoms with Crippen LogP contribution in [0.25, 0.3) is 22.9 Å². The number of nitrogens with one attached hydrogen (secondary N) is 2. The van der Waals surface area contributed by atoms with Gasteiger partial charge in [0.25, 0.3) is 17.8 Å². The molecule has 1 aliphatic heterocycles. The number of hydrogen-bond donors (Lipinski definition) is 5. The number of imidazole rings is 1. The van der Waals surface area contributed by atoms with Crippen LogP contribution < -0.4 is 10.6 Å². The summed E-state index contributed by atoms with van der Waals surface area (Å²) in [7, 11) is 2.98. The number of aromatic nitrogens is 8. The summed E-state index contributed by atoms with van der Waals surface area (Å²) in [4.78, 5) is 37.4. The summed E-state index contributed by atoms with van der Waals surface area (Å²) in [5.74, 6) is -0.515. The van der Waals surface area contributed by atoms with E-state index in [0.717, 1.165) is 0 Å². The van der Waals surface area contributed by atoms with Crippen molar-refractivity contribution in [2.75, 3.05) is 20.7 Å². The zero-order valence-electron chi connectivity index (χ0n) is 19.0. The van der Waals surface area contributed by atoms with E-state index in [1.165, 1.54) is 59.1 Å². The molecule has 0 saturated carbocycles. The van der Waals surface area contributed by atoms with E-state index in [1.54, 1.807) is 0 Å². The zero-order chi connectivity index (χ0) is 25.6. The van der Waals surface area contributed by atoms with Gasteiger partial charge in [0.05, 0.1) is 36.5 Å². The molecular weight excluding hydrogens is 476 g/mol. The molecule has 1 aliphatic rings. The molecule has 5 N–H and O–H groups in total. The fraction of sp³-hybridized carbons (Fsp3) is 0.350. The van der Waals surface area contributed by atoms with E-state index in [0.29, 0.717) is 0 Å². The third kappa shape index (κ3) is 3.77. The second-order valence-corrected chi connectivity index (χ2v) is 7.91. The molecule has 5 rings (SSSR count). The van der Waals surface area contributed by atoms with Crippen molar-refractivity contribution in [2.24, 2.45) is 0 Å². The van der Waals surface area contributed by atoms with E-state index in [-0.39, 0.29) is 45.9 Å². The molecule has 5 heterocycles. The molecule has 0 spiro atoms. The van der Waals surface area contributed by atoms with Crippen LogP contribution in [0.15, 0.2) is 31.1 Å². The lowest BCUT2D eigenvalue weighted by Crippen LogP contribution is -2.33. The van der Waals surface area contributed by atoms with Crippen LogP contribution in [0.3, 0.4) is 0 Å². The third-order valence-electron chi connectivity index (χ3n) is 5.75. The van der Waals surface area contributed by atoms with Gasteiger partial charge in [0.15, 0.2) is 23.2 Å². The summed E-state index contributed by atoms with van der Waals surface area (Å²) in [6, 6.07) is 0. The highest BCUT2D eigenvalue weighted by molar-refractivity contribution is 5.94. The molecule has 4 atom stereocenters. The van der Waals surface area contributed by atoms with Crippen molar-refractivity contribution in [1.82, 2.24) is 49.7 Å². The molecule has 4 aromatic heterocycles. The lowest BCUT2D eigenvalue weighted by molar-refractivity contribution is -0.0511. The predicted molar refractivity (Wildman–Crippen MR) is 119 cm³/mol. The first-order valence-electron chi connectivity index (χ1n) is 10.8. The van der Waals surface area contributed by atoms with Gasteiger partial charge in [0.1, 0.15) is 18.3 Å². The number of aliphatic hydroxyl groups excluding tert-OH is 3. The molecule has 16 nitrogen and oxygen atoms in total. The quantitative estimate of drug-likeness (QED) is 0.188. The smallest absolute Gasteiger partial charge is 0.254 e. The zero-order valence-corrected chi connectivity index (χ0v) is 19.0. The van der Waals surface area contributed by atoms with E-state index in [4.69, 9.17) is 4.74 Å². The minimum atomic E-state index is -1.38. The monoisotopic (exact) mass is 498 g/mol. The molecule has 0 unspecified atom stereocenters. The fourth-order valence-corrected chi connectivity index (χ4v) is 3.84. The minimum absolute atomic E-state index is 0.0261. The van der Waals surface area contributed by atoms with E-state index >= 15 is 0 Å². The average molecular weight is 498 g/mol. The van der Waals surface area contributed by atoms with Gasteiger partial charge >= 0.3 is 0 Å². The summed E-state index contributed by atoms with van der Waals surface area (Å²) in [5, 5.41) is 43.6. The van der Waals surface area contributed by atoms with E-state index < -0.39 is 31.1 Å². The molecule has 0 aliphatic carbocycles. The number of hydrogen-bond acceptors (Lipinski definition) is 11. The van der Waals surface area contributed by atoms with Gasteiger partial charge in [0.2, 0.25) is 0 Å². The van der Waals surface area contributed by atoms with Gasteiger partial charge in [-0.3, -0.25) is 14.2 Å². The Bertz CT molecular complexity index is 1440. The maximum absolute atomic E-state index is 12.1. The van der Waals surface area contributed by atoms with Gasteiger partial charge in [-0.15, -0.1) is 0 Å². The summed E-state index contributed by atoms with van der Waals surface area (Å²) >= 11 is 0. The van der Waals surface area contributed by atoms with Crippen molar-refractivity contribution in [3.63, 3.8) is 0 Å². The number of ether oxygens (including phenoxy) is 1. The number of aliphatic hydroxyl groups is 3.